The second kappa shape index (κ2) is 5.00. The standard InChI is InChI=1S/C10H17NO2/c1-8(7-10(12)13)11-9-5-3-2-4-6-9/h9H,2-7H2,1H3,(H,12,13)/b11-8-. The number of carbonyl (C=O) groups is 1. The number of nitrogens with zero attached hydrogens (tertiary/aromatic N) is 1. The summed E-state index contributed by atoms with van der Waals surface area (Å²) < 4.78 is 0. The van der Waals surface area contributed by atoms with Gasteiger partial charge in [0.1, 0.15) is 0 Å². The minimum absolute atomic E-state index is 0.0938. The van der Waals surface area contributed by atoms with Gasteiger partial charge in [-0.05, 0) is 19.8 Å². The largest absolute Gasteiger partial charge is 0.481 e. The molecule has 1 saturated carbocycles. The average molecular weight is 183 g/mol. The highest BCUT2D eigenvalue weighted by molar-refractivity contribution is 5.96. The van der Waals surface area contributed by atoms with Crippen molar-refractivity contribution in [1.82, 2.24) is 0 Å². The third kappa shape index (κ3) is 4.06. The zero-order chi connectivity index (χ0) is 9.68. The number of rotatable bonds is 3. The smallest absolute Gasteiger partial charge is 0.309 e. The number of hydrogen-bond donors (Lipinski definition) is 1. The zero-order valence-corrected chi connectivity index (χ0v) is 8.12. The van der Waals surface area contributed by atoms with Crippen LogP contribution in [0.5, 0.6) is 0 Å². The van der Waals surface area contributed by atoms with Gasteiger partial charge < -0.3 is 5.11 Å². The summed E-state index contributed by atoms with van der Waals surface area (Å²) in [4.78, 5) is 14.8. The van der Waals surface area contributed by atoms with Crippen LogP contribution in [0.15, 0.2) is 4.99 Å². The molecule has 0 aromatic carbocycles. The zero-order valence-electron chi connectivity index (χ0n) is 8.12. The Bertz CT molecular complexity index is 205. The van der Waals surface area contributed by atoms with E-state index in [9.17, 15) is 4.79 Å². The Labute approximate surface area is 78.9 Å². The number of carboxylic acids is 1. The van der Waals surface area contributed by atoms with Crippen molar-refractivity contribution in [1.29, 1.82) is 0 Å². The second-order valence-corrected chi connectivity index (χ2v) is 3.73. The molecular formula is C10H17NO2. The molecule has 1 aliphatic rings. The summed E-state index contributed by atoms with van der Waals surface area (Å²) in [7, 11) is 0. The fourth-order valence-corrected chi connectivity index (χ4v) is 1.79. The minimum atomic E-state index is -0.781. The maximum atomic E-state index is 10.4. The van der Waals surface area contributed by atoms with E-state index in [4.69, 9.17) is 5.11 Å². The van der Waals surface area contributed by atoms with Gasteiger partial charge >= 0.3 is 5.97 Å². The lowest BCUT2D eigenvalue weighted by atomic mass is 9.96. The first-order valence-corrected chi connectivity index (χ1v) is 4.93. The van der Waals surface area contributed by atoms with E-state index < -0.39 is 5.97 Å². The van der Waals surface area contributed by atoms with Gasteiger partial charge in [0.05, 0.1) is 6.42 Å². The van der Waals surface area contributed by atoms with E-state index in [1.165, 1.54) is 19.3 Å². The van der Waals surface area contributed by atoms with Gasteiger partial charge in [-0.2, -0.15) is 0 Å². The molecule has 1 fully saturated rings. The van der Waals surface area contributed by atoms with Gasteiger partial charge in [-0.25, -0.2) is 0 Å². The van der Waals surface area contributed by atoms with Crippen molar-refractivity contribution >= 4 is 11.7 Å². The molecule has 0 heterocycles. The van der Waals surface area contributed by atoms with E-state index in [0.717, 1.165) is 18.6 Å². The van der Waals surface area contributed by atoms with Gasteiger partial charge in [0.2, 0.25) is 0 Å². The van der Waals surface area contributed by atoms with Crippen molar-refractivity contribution in [2.45, 2.75) is 51.5 Å². The summed E-state index contributed by atoms with van der Waals surface area (Å²) in [6.07, 6.45) is 6.16. The Hall–Kier alpha value is -0.860. The first kappa shape index (κ1) is 10.2. The average Bonchev–Trinajstić information content (AvgIpc) is 2.04. The molecule has 0 radical (unpaired) electrons. The lowest BCUT2D eigenvalue weighted by molar-refractivity contribution is -0.135. The first-order chi connectivity index (χ1) is 6.18. The van der Waals surface area contributed by atoms with Crippen LogP contribution in [0.2, 0.25) is 0 Å². The van der Waals surface area contributed by atoms with Crippen molar-refractivity contribution in [3.63, 3.8) is 0 Å². The fourth-order valence-electron chi connectivity index (χ4n) is 1.79. The van der Waals surface area contributed by atoms with E-state index in [-0.39, 0.29) is 6.42 Å². The van der Waals surface area contributed by atoms with Gasteiger partial charge in [0.15, 0.2) is 0 Å². The molecule has 0 spiro atoms. The minimum Gasteiger partial charge on any atom is -0.481 e. The van der Waals surface area contributed by atoms with E-state index in [1.54, 1.807) is 0 Å². The highest BCUT2D eigenvalue weighted by Gasteiger charge is 2.12. The van der Waals surface area contributed by atoms with Crippen LogP contribution in [0.4, 0.5) is 0 Å². The van der Waals surface area contributed by atoms with Crippen LogP contribution >= 0.6 is 0 Å². The van der Waals surface area contributed by atoms with Crippen LogP contribution in [-0.4, -0.2) is 22.8 Å². The molecule has 1 N–H and O–H groups in total. The molecule has 0 saturated heterocycles. The lowest BCUT2D eigenvalue weighted by Crippen LogP contribution is -2.13. The van der Waals surface area contributed by atoms with E-state index in [0.29, 0.717) is 6.04 Å². The monoisotopic (exact) mass is 183 g/mol. The van der Waals surface area contributed by atoms with E-state index in [1.807, 2.05) is 6.92 Å². The van der Waals surface area contributed by atoms with Crippen LogP contribution in [0.25, 0.3) is 0 Å². The van der Waals surface area contributed by atoms with Crippen LogP contribution in [0.1, 0.15) is 45.4 Å². The predicted octanol–water partition coefficient (Wildman–Crippen LogP) is 2.25. The fraction of sp³-hybridized carbons (Fsp3) is 0.800. The Kier molecular flexibility index (Phi) is 3.93. The van der Waals surface area contributed by atoms with Crippen molar-refractivity contribution in [3.8, 4) is 0 Å². The molecule has 1 aliphatic carbocycles. The van der Waals surface area contributed by atoms with Gasteiger partial charge in [0.25, 0.3) is 0 Å². The van der Waals surface area contributed by atoms with E-state index >= 15 is 0 Å². The number of aliphatic imine (C=N–C) groups is 1. The van der Waals surface area contributed by atoms with Crippen LogP contribution in [0, 0.1) is 0 Å². The lowest BCUT2D eigenvalue weighted by Gasteiger charge is -2.18. The van der Waals surface area contributed by atoms with Crippen molar-refractivity contribution in [2.24, 2.45) is 4.99 Å². The highest BCUT2D eigenvalue weighted by Crippen LogP contribution is 2.20. The highest BCUT2D eigenvalue weighted by atomic mass is 16.4. The molecule has 0 atom stereocenters. The van der Waals surface area contributed by atoms with Crippen molar-refractivity contribution in [2.75, 3.05) is 0 Å². The second-order valence-electron chi connectivity index (χ2n) is 3.73. The van der Waals surface area contributed by atoms with Gasteiger partial charge in [0, 0.05) is 11.8 Å². The topological polar surface area (TPSA) is 49.7 Å². The van der Waals surface area contributed by atoms with Gasteiger partial charge in [-0.1, -0.05) is 19.3 Å². The van der Waals surface area contributed by atoms with Gasteiger partial charge in [-0.15, -0.1) is 0 Å². The third-order valence-electron chi connectivity index (χ3n) is 2.38. The predicted molar refractivity (Wildman–Crippen MR) is 52.2 cm³/mol. The maximum absolute atomic E-state index is 10.4. The van der Waals surface area contributed by atoms with Gasteiger partial charge in [-0.3, -0.25) is 9.79 Å². The Morgan fingerprint density at radius 2 is 2.00 bits per heavy atom. The number of hydrogen-bond acceptors (Lipinski definition) is 2. The molecule has 1 rings (SSSR count). The number of aliphatic carboxylic acids is 1. The third-order valence-corrected chi connectivity index (χ3v) is 2.38. The Balaban J connectivity index is 2.38. The summed E-state index contributed by atoms with van der Waals surface area (Å²) in [5, 5.41) is 8.53. The van der Waals surface area contributed by atoms with Crippen molar-refractivity contribution in [3.05, 3.63) is 0 Å². The molecule has 3 nitrogen and oxygen atoms in total. The van der Waals surface area contributed by atoms with Crippen molar-refractivity contribution < 1.29 is 9.90 Å². The molecule has 74 valence electrons. The molecule has 0 amide bonds. The Morgan fingerprint density at radius 1 is 1.38 bits per heavy atom. The molecule has 3 heteroatoms. The molecule has 0 unspecified atom stereocenters. The SMILES string of the molecule is C/C(CC(=O)O)=N/C1CCCCC1. The summed E-state index contributed by atoms with van der Waals surface area (Å²) in [5.41, 5.74) is 0.763. The summed E-state index contributed by atoms with van der Waals surface area (Å²) in [6.45, 7) is 1.81. The van der Waals surface area contributed by atoms with Crippen LogP contribution < -0.4 is 0 Å². The van der Waals surface area contributed by atoms with Crippen LogP contribution in [-0.2, 0) is 4.79 Å². The summed E-state index contributed by atoms with van der Waals surface area (Å²) in [5.74, 6) is -0.781. The molecule has 0 aromatic rings. The molecular weight excluding hydrogens is 166 g/mol. The summed E-state index contributed by atoms with van der Waals surface area (Å²) >= 11 is 0. The van der Waals surface area contributed by atoms with Crippen LogP contribution in [0.3, 0.4) is 0 Å². The maximum Gasteiger partial charge on any atom is 0.309 e. The number of carboxylic acid groups (broad SMARTS) is 1. The first-order valence-electron chi connectivity index (χ1n) is 4.93. The molecule has 0 bridgehead atoms. The molecule has 0 aromatic heterocycles. The molecule has 13 heavy (non-hydrogen) atoms. The Morgan fingerprint density at radius 3 is 2.54 bits per heavy atom. The molecule has 0 aliphatic heterocycles. The normalized spacial score (nSPS) is 20.2. The van der Waals surface area contributed by atoms with E-state index in [2.05, 4.69) is 4.99 Å². The quantitative estimate of drug-likeness (QED) is 0.682. The summed E-state index contributed by atoms with van der Waals surface area (Å²) in [6, 6.07) is 0.396.